The van der Waals surface area contributed by atoms with Crippen LogP contribution >= 0.6 is 0 Å². The van der Waals surface area contributed by atoms with E-state index in [0.29, 0.717) is 12.2 Å². The van der Waals surface area contributed by atoms with Gasteiger partial charge in [0.05, 0.1) is 0 Å². The Hall–Kier alpha value is -1.18. The van der Waals surface area contributed by atoms with Gasteiger partial charge in [-0.05, 0) is 50.2 Å². The first-order valence-electron chi connectivity index (χ1n) is 8.13. The molecule has 1 aromatic heterocycles. The number of unbranched alkanes of at least 4 members (excludes halogenated alkanes) is 1. The molecule has 0 atom stereocenters. The van der Waals surface area contributed by atoms with Crippen LogP contribution in [0.3, 0.4) is 0 Å². The van der Waals surface area contributed by atoms with E-state index >= 15 is 0 Å². The lowest BCUT2D eigenvalue weighted by atomic mass is 9.77. The molecule has 20 heavy (non-hydrogen) atoms. The molecule has 1 heterocycles. The van der Waals surface area contributed by atoms with Gasteiger partial charge in [-0.1, -0.05) is 32.3 Å². The summed E-state index contributed by atoms with van der Waals surface area (Å²) in [6.07, 6.45) is 11.0. The van der Waals surface area contributed by atoms with E-state index in [9.17, 15) is 4.79 Å². The summed E-state index contributed by atoms with van der Waals surface area (Å²) in [5, 5.41) is 0. The van der Waals surface area contributed by atoms with Crippen molar-refractivity contribution in [3.05, 3.63) is 29.6 Å². The third-order valence-corrected chi connectivity index (χ3v) is 4.60. The van der Waals surface area contributed by atoms with Crippen LogP contribution in [0.25, 0.3) is 0 Å². The van der Waals surface area contributed by atoms with Crippen molar-refractivity contribution in [2.75, 3.05) is 0 Å². The standard InChI is InChI=1S/C18H27NO/c1-3-4-5-15-7-9-16(10-8-15)18(20)12-17-11-6-14(2)13-19-17/h6,11,13,15-16H,3-5,7-10,12H2,1-2H3. The molecule has 0 aromatic carbocycles. The second-order valence-electron chi connectivity index (χ2n) is 6.33. The number of carbonyl (C=O) groups excluding carboxylic acids is 1. The number of rotatable bonds is 6. The second-order valence-corrected chi connectivity index (χ2v) is 6.33. The van der Waals surface area contributed by atoms with Gasteiger partial charge in [-0.2, -0.15) is 0 Å². The summed E-state index contributed by atoms with van der Waals surface area (Å²) in [6.45, 7) is 4.28. The van der Waals surface area contributed by atoms with Gasteiger partial charge in [-0.25, -0.2) is 0 Å². The van der Waals surface area contributed by atoms with Gasteiger partial charge in [0.25, 0.3) is 0 Å². The van der Waals surface area contributed by atoms with Crippen molar-refractivity contribution in [2.45, 2.75) is 65.2 Å². The van der Waals surface area contributed by atoms with Crippen LogP contribution in [0.4, 0.5) is 0 Å². The monoisotopic (exact) mass is 273 g/mol. The minimum atomic E-state index is 0.288. The van der Waals surface area contributed by atoms with E-state index in [1.807, 2.05) is 25.3 Å². The van der Waals surface area contributed by atoms with E-state index in [1.165, 1.54) is 32.1 Å². The Morgan fingerprint density at radius 2 is 2.00 bits per heavy atom. The molecule has 0 aliphatic heterocycles. The first-order chi connectivity index (χ1) is 9.69. The molecule has 1 aromatic rings. The molecule has 0 saturated heterocycles. The van der Waals surface area contributed by atoms with Crippen molar-refractivity contribution in [3.63, 3.8) is 0 Å². The highest BCUT2D eigenvalue weighted by Gasteiger charge is 2.25. The zero-order chi connectivity index (χ0) is 14.4. The van der Waals surface area contributed by atoms with E-state index in [4.69, 9.17) is 0 Å². The van der Waals surface area contributed by atoms with E-state index in [2.05, 4.69) is 11.9 Å². The molecule has 1 saturated carbocycles. The van der Waals surface area contributed by atoms with Crippen LogP contribution in [0.1, 0.15) is 63.1 Å². The van der Waals surface area contributed by atoms with E-state index in [1.54, 1.807) is 0 Å². The van der Waals surface area contributed by atoms with Gasteiger partial charge in [0.1, 0.15) is 5.78 Å². The molecular weight excluding hydrogens is 246 g/mol. The molecular formula is C18H27NO. The number of aryl methyl sites for hydroxylation is 1. The number of hydrogen-bond acceptors (Lipinski definition) is 2. The number of Topliss-reactive ketones (excluding diaryl/α,β-unsaturated/α-hetero) is 1. The summed E-state index contributed by atoms with van der Waals surface area (Å²) in [5.74, 6) is 1.56. The number of hydrogen-bond donors (Lipinski definition) is 0. The average Bonchev–Trinajstić information content (AvgIpc) is 2.48. The molecule has 0 bridgehead atoms. The van der Waals surface area contributed by atoms with Crippen molar-refractivity contribution in [1.29, 1.82) is 0 Å². The van der Waals surface area contributed by atoms with Crippen LogP contribution in [0.2, 0.25) is 0 Å². The maximum Gasteiger partial charge on any atom is 0.141 e. The van der Waals surface area contributed by atoms with Crippen molar-refractivity contribution in [1.82, 2.24) is 4.98 Å². The molecule has 2 heteroatoms. The molecule has 0 unspecified atom stereocenters. The number of pyridine rings is 1. The lowest BCUT2D eigenvalue weighted by molar-refractivity contribution is -0.123. The Bertz CT molecular complexity index is 416. The zero-order valence-electron chi connectivity index (χ0n) is 12.9. The van der Waals surface area contributed by atoms with Crippen LogP contribution in [-0.2, 0) is 11.2 Å². The molecule has 1 aliphatic carbocycles. The summed E-state index contributed by atoms with van der Waals surface area (Å²) in [5.41, 5.74) is 2.08. The van der Waals surface area contributed by atoms with Gasteiger partial charge in [-0.15, -0.1) is 0 Å². The van der Waals surface area contributed by atoms with Crippen molar-refractivity contribution >= 4 is 5.78 Å². The van der Waals surface area contributed by atoms with Gasteiger partial charge in [0.15, 0.2) is 0 Å². The molecule has 2 rings (SSSR count). The third-order valence-electron chi connectivity index (χ3n) is 4.60. The zero-order valence-corrected chi connectivity index (χ0v) is 12.9. The van der Waals surface area contributed by atoms with Crippen LogP contribution in [-0.4, -0.2) is 10.8 Å². The van der Waals surface area contributed by atoms with Crippen molar-refractivity contribution < 1.29 is 4.79 Å². The molecule has 0 amide bonds. The van der Waals surface area contributed by atoms with Crippen molar-refractivity contribution in [2.24, 2.45) is 11.8 Å². The lowest BCUT2D eigenvalue weighted by Gasteiger charge is -2.27. The van der Waals surface area contributed by atoms with Crippen LogP contribution in [0.15, 0.2) is 18.3 Å². The number of nitrogens with zero attached hydrogens (tertiary/aromatic N) is 1. The SMILES string of the molecule is CCCCC1CCC(C(=O)Cc2ccc(C)cn2)CC1. The Balaban J connectivity index is 1.78. The van der Waals surface area contributed by atoms with Crippen LogP contribution in [0.5, 0.6) is 0 Å². The Kier molecular flexibility index (Phi) is 5.75. The first kappa shape index (κ1) is 15.2. The third kappa shape index (κ3) is 4.43. The number of carbonyl (C=O) groups is 1. The minimum absolute atomic E-state index is 0.288. The predicted octanol–water partition coefficient (Wildman–Crippen LogP) is 4.50. The highest BCUT2D eigenvalue weighted by Crippen LogP contribution is 2.32. The summed E-state index contributed by atoms with van der Waals surface area (Å²) in [4.78, 5) is 16.7. The molecule has 0 N–H and O–H groups in total. The topological polar surface area (TPSA) is 30.0 Å². The molecule has 1 aliphatic rings. The number of ketones is 1. The molecule has 110 valence electrons. The summed E-state index contributed by atoms with van der Waals surface area (Å²) in [7, 11) is 0. The van der Waals surface area contributed by atoms with E-state index in [-0.39, 0.29) is 5.92 Å². The summed E-state index contributed by atoms with van der Waals surface area (Å²) < 4.78 is 0. The molecule has 1 fully saturated rings. The van der Waals surface area contributed by atoms with Gasteiger partial charge < -0.3 is 0 Å². The Morgan fingerprint density at radius 3 is 2.60 bits per heavy atom. The predicted molar refractivity (Wildman–Crippen MR) is 82.7 cm³/mol. The molecule has 2 nitrogen and oxygen atoms in total. The lowest BCUT2D eigenvalue weighted by Crippen LogP contribution is -2.23. The smallest absolute Gasteiger partial charge is 0.141 e. The molecule has 0 spiro atoms. The summed E-state index contributed by atoms with van der Waals surface area (Å²) in [6, 6.07) is 4.03. The van der Waals surface area contributed by atoms with Gasteiger partial charge in [0, 0.05) is 24.2 Å². The van der Waals surface area contributed by atoms with Crippen LogP contribution in [0, 0.1) is 18.8 Å². The largest absolute Gasteiger partial charge is 0.299 e. The first-order valence-corrected chi connectivity index (χ1v) is 8.13. The Labute approximate surface area is 123 Å². The fourth-order valence-corrected chi connectivity index (χ4v) is 3.19. The van der Waals surface area contributed by atoms with E-state index in [0.717, 1.165) is 30.0 Å². The van der Waals surface area contributed by atoms with E-state index < -0.39 is 0 Å². The van der Waals surface area contributed by atoms with Crippen LogP contribution < -0.4 is 0 Å². The maximum absolute atomic E-state index is 12.3. The van der Waals surface area contributed by atoms with Crippen molar-refractivity contribution in [3.8, 4) is 0 Å². The minimum Gasteiger partial charge on any atom is -0.299 e. The summed E-state index contributed by atoms with van der Waals surface area (Å²) >= 11 is 0. The fraction of sp³-hybridized carbons (Fsp3) is 0.667. The fourth-order valence-electron chi connectivity index (χ4n) is 3.19. The number of aromatic nitrogens is 1. The highest BCUT2D eigenvalue weighted by molar-refractivity contribution is 5.82. The van der Waals surface area contributed by atoms with Gasteiger partial charge in [0.2, 0.25) is 0 Å². The quantitative estimate of drug-likeness (QED) is 0.764. The Morgan fingerprint density at radius 1 is 1.25 bits per heavy atom. The molecule has 0 radical (unpaired) electrons. The second kappa shape index (κ2) is 7.56. The maximum atomic E-state index is 12.3. The van der Waals surface area contributed by atoms with Gasteiger partial charge in [-0.3, -0.25) is 9.78 Å². The average molecular weight is 273 g/mol. The highest BCUT2D eigenvalue weighted by atomic mass is 16.1. The normalized spacial score (nSPS) is 22.7. The van der Waals surface area contributed by atoms with Gasteiger partial charge >= 0.3 is 0 Å².